The molecule has 4 aromatic rings. The quantitative estimate of drug-likeness (QED) is 0.179. The van der Waals surface area contributed by atoms with Crippen molar-refractivity contribution < 1.29 is 54.6 Å². The zero-order valence-electron chi connectivity index (χ0n) is 19.7. The van der Waals surface area contributed by atoms with E-state index in [1.54, 1.807) is 0 Å². The number of phenolic OH excluding ortho intramolecular Hbond substituents is 2. The van der Waals surface area contributed by atoms with E-state index in [9.17, 15) is 49.8 Å². The Bertz CT molecular complexity index is 1550. The monoisotopic (exact) mass is 530 g/mol. The zero-order chi connectivity index (χ0) is 28.4. The van der Waals surface area contributed by atoms with Crippen molar-refractivity contribution in [3.05, 3.63) is 95.1 Å². The van der Waals surface area contributed by atoms with Crippen LogP contribution in [0, 0.1) is 0 Å². The van der Waals surface area contributed by atoms with Crippen LogP contribution in [-0.2, 0) is 0 Å². The van der Waals surface area contributed by atoms with Crippen molar-refractivity contribution in [2.75, 3.05) is 0 Å². The van der Waals surface area contributed by atoms with Crippen LogP contribution in [0.25, 0.3) is 22.3 Å². The number of ether oxygens (including phenoxy) is 1. The predicted molar refractivity (Wildman–Crippen MR) is 135 cm³/mol. The van der Waals surface area contributed by atoms with E-state index in [2.05, 4.69) is 0 Å². The van der Waals surface area contributed by atoms with E-state index in [4.69, 9.17) is 4.74 Å². The molecule has 11 heteroatoms. The Kier molecular flexibility index (Phi) is 6.90. The second-order valence-corrected chi connectivity index (χ2v) is 8.21. The second kappa shape index (κ2) is 10.3. The van der Waals surface area contributed by atoms with Crippen LogP contribution < -0.4 is 4.74 Å². The summed E-state index contributed by atoms with van der Waals surface area (Å²) in [5.74, 6) is -6.06. The highest BCUT2D eigenvalue weighted by Crippen LogP contribution is 2.43. The Morgan fingerprint density at radius 1 is 0.436 bits per heavy atom. The van der Waals surface area contributed by atoms with E-state index in [0.717, 1.165) is 12.1 Å². The fourth-order valence-electron chi connectivity index (χ4n) is 3.83. The lowest BCUT2D eigenvalue weighted by Gasteiger charge is -2.17. The Morgan fingerprint density at radius 3 is 1.05 bits per heavy atom. The molecule has 0 bridgehead atoms. The van der Waals surface area contributed by atoms with Crippen LogP contribution in [0.5, 0.6) is 23.0 Å². The molecule has 0 aromatic heterocycles. The fourth-order valence-corrected chi connectivity index (χ4v) is 3.83. The smallest absolute Gasteiger partial charge is 0.335 e. The fraction of sp³-hybridized carbons (Fsp3) is 0. The molecule has 0 atom stereocenters. The van der Waals surface area contributed by atoms with Crippen molar-refractivity contribution in [3.8, 4) is 45.3 Å². The Labute approximate surface area is 219 Å². The molecule has 0 radical (unpaired) electrons. The van der Waals surface area contributed by atoms with Crippen LogP contribution in [0.4, 0.5) is 0 Å². The first-order valence-corrected chi connectivity index (χ1v) is 11.0. The minimum atomic E-state index is -1.29. The van der Waals surface area contributed by atoms with E-state index in [0.29, 0.717) is 0 Å². The molecule has 4 aromatic carbocycles. The Balaban J connectivity index is 1.90. The number of carboxylic acids is 4. The third kappa shape index (κ3) is 5.32. The van der Waals surface area contributed by atoms with Gasteiger partial charge < -0.3 is 35.4 Å². The molecule has 0 aliphatic rings. The molecule has 0 heterocycles. The number of carboxylic acid groups (broad SMARTS) is 4. The summed E-state index contributed by atoms with van der Waals surface area (Å²) in [6.07, 6.45) is 0. The third-order valence-electron chi connectivity index (χ3n) is 5.74. The maximum Gasteiger partial charge on any atom is 0.335 e. The van der Waals surface area contributed by atoms with Crippen molar-refractivity contribution in [2.24, 2.45) is 0 Å². The van der Waals surface area contributed by atoms with Crippen LogP contribution in [0.3, 0.4) is 0 Å². The standard InChI is InChI=1S/C28H18O11/c29-21-11-15(27(35)36)1-5-17(21)19-9-13(25(31)32)3-7-23(19)39-24-8-4-14(26(33)34)10-20(24)18-6-2-16(28(37)38)12-22(18)30/h1-12,29-30H,(H,31,32)(H,33,34)(H,35,36)(H,37,38). The van der Waals surface area contributed by atoms with E-state index in [1.807, 2.05) is 0 Å². The summed E-state index contributed by atoms with van der Waals surface area (Å²) < 4.78 is 6.04. The van der Waals surface area contributed by atoms with Crippen LogP contribution in [-0.4, -0.2) is 54.5 Å². The number of phenols is 2. The van der Waals surface area contributed by atoms with Gasteiger partial charge in [-0.05, 0) is 72.8 Å². The first-order chi connectivity index (χ1) is 18.5. The molecular weight excluding hydrogens is 512 g/mol. The van der Waals surface area contributed by atoms with E-state index >= 15 is 0 Å². The molecule has 0 aliphatic heterocycles. The molecular formula is C28H18O11. The molecule has 0 spiro atoms. The zero-order valence-corrected chi connectivity index (χ0v) is 19.7. The van der Waals surface area contributed by atoms with Gasteiger partial charge in [0.05, 0.1) is 22.3 Å². The van der Waals surface area contributed by atoms with E-state index < -0.39 is 35.4 Å². The van der Waals surface area contributed by atoms with Crippen LogP contribution >= 0.6 is 0 Å². The van der Waals surface area contributed by atoms with Crippen molar-refractivity contribution in [2.45, 2.75) is 0 Å². The first-order valence-electron chi connectivity index (χ1n) is 11.0. The molecule has 0 saturated heterocycles. The number of benzene rings is 4. The van der Waals surface area contributed by atoms with Gasteiger partial charge in [-0.15, -0.1) is 0 Å². The molecule has 196 valence electrons. The van der Waals surface area contributed by atoms with Gasteiger partial charge in [-0.25, -0.2) is 19.2 Å². The molecule has 0 aliphatic carbocycles. The first kappa shape index (κ1) is 26.2. The minimum absolute atomic E-state index is 0.00402. The lowest BCUT2D eigenvalue weighted by molar-refractivity contribution is 0.0685. The molecule has 0 saturated carbocycles. The number of hydrogen-bond acceptors (Lipinski definition) is 7. The van der Waals surface area contributed by atoms with Gasteiger partial charge >= 0.3 is 23.9 Å². The number of hydrogen-bond donors (Lipinski definition) is 6. The third-order valence-corrected chi connectivity index (χ3v) is 5.74. The predicted octanol–water partition coefficient (Wildman–Crippen LogP) is 5.02. The minimum Gasteiger partial charge on any atom is -0.507 e. The van der Waals surface area contributed by atoms with E-state index in [1.165, 1.54) is 60.7 Å². The Hall–Kier alpha value is -5.84. The molecule has 39 heavy (non-hydrogen) atoms. The SMILES string of the molecule is O=C(O)c1ccc(-c2cc(C(=O)O)ccc2Oc2ccc(C(=O)O)cc2-c2ccc(C(=O)O)cc2O)c(O)c1. The van der Waals surface area contributed by atoms with Gasteiger partial charge in [0.15, 0.2) is 0 Å². The normalized spacial score (nSPS) is 10.6. The summed E-state index contributed by atoms with van der Waals surface area (Å²) in [6, 6.07) is 14.4. The average molecular weight is 530 g/mol. The van der Waals surface area contributed by atoms with Gasteiger partial charge in [-0.1, -0.05) is 0 Å². The highest BCUT2D eigenvalue weighted by Gasteiger charge is 2.20. The number of aromatic hydroxyl groups is 2. The van der Waals surface area contributed by atoms with Crippen molar-refractivity contribution in [1.29, 1.82) is 0 Å². The molecule has 6 N–H and O–H groups in total. The molecule has 0 unspecified atom stereocenters. The second-order valence-electron chi connectivity index (χ2n) is 8.21. The summed E-state index contributed by atoms with van der Waals surface area (Å²) in [7, 11) is 0. The summed E-state index contributed by atoms with van der Waals surface area (Å²) in [5.41, 5.74) is -0.498. The topological polar surface area (TPSA) is 199 Å². The summed E-state index contributed by atoms with van der Waals surface area (Å²) in [5, 5.41) is 58.4. The number of rotatable bonds is 8. The van der Waals surface area contributed by atoms with Crippen molar-refractivity contribution in [1.82, 2.24) is 0 Å². The largest absolute Gasteiger partial charge is 0.507 e. The number of carbonyl (C=O) groups is 4. The van der Waals surface area contributed by atoms with Crippen molar-refractivity contribution in [3.63, 3.8) is 0 Å². The van der Waals surface area contributed by atoms with E-state index in [-0.39, 0.29) is 56.0 Å². The lowest BCUT2D eigenvalue weighted by atomic mass is 9.98. The summed E-state index contributed by atoms with van der Waals surface area (Å²) in [6.45, 7) is 0. The molecule has 4 rings (SSSR count). The van der Waals surface area contributed by atoms with Gasteiger partial charge in [-0.2, -0.15) is 0 Å². The lowest BCUT2D eigenvalue weighted by Crippen LogP contribution is -2.01. The molecule has 11 nitrogen and oxygen atoms in total. The van der Waals surface area contributed by atoms with Gasteiger partial charge in [0.2, 0.25) is 0 Å². The average Bonchev–Trinajstić information content (AvgIpc) is 2.89. The van der Waals surface area contributed by atoms with Gasteiger partial charge in [0.1, 0.15) is 23.0 Å². The van der Waals surface area contributed by atoms with Crippen LogP contribution in [0.15, 0.2) is 72.8 Å². The Morgan fingerprint density at radius 2 is 0.744 bits per heavy atom. The maximum atomic E-state index is 11.6. The van der Waals surface area contributed by atoms with Gasteiger partial charge in [0.25, 0.3) is 0 Å². The highest BCUT2D eigenvalue weighted by molar-refractivity contribution is 5.95. The van der Waals surface area contributed by atoms with Crippen LogP contribution in [0.2, 0.25) is 0 Å². The number of aromatic carboxylic acids is 4. The van der Waals surface area contributed by atoms with Crippen molar-refractivity contribution >= 4 is 23.9 Å². The molecule has 0 amide bonds. The summed E-state index contributed by atoms with van der Waals surface area (Å²) >= 11 is 0. The van der Waals surface area contributed by atoms with Gasteiger partial charge in [0, 0.05) is 22.3 Å². The van der Waals surface area contributed by atoms with Crippen LogP contribution in [0.1, 0.15) is 41.4 Å². The van der Waals surface area contributed by atoms with Gasteiger partial charge in [-0.3, -0.25) is 0 Å². The summed E-state index contributed by atoms with van der Waals surface area (Å²) in [4.78, 5) is 45.8. The maximum absolute atomic E-state index is 11.6. The molecule has 0 fully saturated rings. The highest BCUT2D eigenvalue weighted by atomic mass is 16.5.